The molecule has 1 aromatic heterocycles. The smallest absolute Gasteiger partial charge is 0.298 e. The number of aromatic nitrogens is 1. The standard InChI is InChI=1S/C13H12F5NO2/c1-6(2)3-7-8(4-20)10(12(14)15)19-11(9(7)5-21)13(16,17)18/h4-6,12H,3H2,1-2H3. The number of nitrogens with zero attached hydrogens (tertiary/aromatic N) is 1. The lowest BCUT2D eigenvalue weighted by Gasteiger charge is -2.18. The van der Waals surface area contributed by atoms with Crippen LogP contribution in [0.5, 0.6) is 0 Å². The largest absolute Gasteiger partial charge is 0.434 e. The molecular formula is C13H12F5NO2. The first-order chi connectivity index (χ1) is 9.63. The molecule has 0 aliphatic heterocycles. The van der Waals surface area contributed by atoms with E-state index >= 15 is 0 Å². The van der Waals surface area contributed by atoms with Gasteiger partial charge >= 0.3 is 6.18 Å². The third kappa shape index (κ3) is 3.62. The second-order valence-electron chi connectivity index (χ2n) is 4.78. The Morgan fingerprint density at radius 1 is 1.10 bits per heavy atom. The van der Waals surface area contributed by atoms with Crippen molar-refractivity contribution in [3.8, 4) is 0 Å². The molecule has 0 aliphatic rings. The van der Waals surface area contributed by atoms with Gasteiger partial charge in [0.1, 0.15) is 5.69 Å². The molecule has 21 heavy (non-hydrogen) atoms. The van der Waals surface area contributed by atoms with E-state index in [1.807, 2.05) is 0 Å². The van der Waals surface area contributed by atoms with Crippen molar-refractivity contribution in [1.29, 1.82) is 0 Å². The summed E-state index contributed by atoms with van der Waals surface area (Å²) in [5, 5.41) is 0. The van der Waals surface area contributed by atoms with Gasteiger partial charge in [-0.3, -0.25) is 9.59 Å². The fourth-order valence-corrected chi connectivity index (χ4v) is 1.95. The Kier molecular flexibility index (Phi) is 5.14. The number of halogens is 5. The summed E-state index contributed by atoms with van der Waals surface area (Å²) in [7, 11) is 0. The fraction of sp³-hybridized carbons (Fsp3) is 0.462. The normalized spacial score (nSPS) is 12.0. The SMILES string of the molecule is CC(C)Cc1c(C=O)c(C(F)F)nc(C(F)(F)F)c1C=O. The maximum absolute atomic E-state index is 12.9. The van der Waals surface area contributed by atoms with Gasteiger partial charge in [-0.1, -0.05) is 13.8 Å². The van der Waals surface area contributed by atoms with Crippen LogP contribution in [0, 0.1) is 5.92 Å². The minimum absolute atomic E-state index is 0.0133. The Morgan fingerprint density at radius 3 is 1.95 bits per heavy atom. The van der Waals surface area contributed by atoms with Crippen molar-refractivity contribution < 1.29 is 31.5 Å². The Hall–Kier alpha value is -1.86. The van der Waals surface area contributed by atoms with Crippen molar-refractivity contribution >= 4 is 12.6 Å². The monoisotopic (exact) mass is 309 g/mol. The van der Waals surface area contributed by atoms with Gasteiger partial charge in [0.15, 0.2) is 18.3 Å². The predicted molar refractivity (Wildman–Crippen MR) is 63.5 cm³/mol. The molecule has 3 nitrogen and oxygen atoms in total. The highest BCUT2D eigenvalue weighted by Gasteiger charge is 2.39. The number of carbonyl (C=O) groups is 2. The summed E-state index contributed by atoms with van der Waals surface area (Å²) in [5.41, 5.74) is -4.78. The van der Waals surface area contributed by atoms with Crippen LogP contribution in [-0.2, 0) is 12.6 Å². The van der Waals surface area contributed by atoms with E-state index < -0.39 is 35.1 Å². The summed E-state index contributed by atoms with van der Waals surface area (Å²) in [6, 6.07) is 0. The molecule has 0 bridgehead atoms. The summed E-state index contributed by atoms with van der Waals surface area (Å²) < 4.78 is 64.3. The number of aldehydes is 2. The average molecular weight is 309 g/mol. The molecule has 0 fully saturated rings. The van der Waals surface area contributed by atoms with Crippen LogP contribution in [0.1, 0.15) is 57.9 Å². The van der Waals surface area contributed by atoms with Gasteiger partial charge in [-0.05, 0) is 17.9 Å². The molecule has 0 atom stereocenters. The van der Waals surface area contributed by atoms with E-state index in [1.54, 1.807) is 13.8 Å². The van der Waals surface area contributed by atoms with E-state index in [4.69, 9.17) is 0 Å². The highest BCUT2D eigenvalue weighted by atomic mass is 19.4. The highest BCUT2D eigenvalue weighted by molar-refractivity contribution is 5.87. The summed E-state index contributed by atoms with van der Waals surface area (Å²) in [6.45, 7) is 3.25. The third-order valence-electron chi connectivity index (χ3n) is 2.74. The molecule has 1 heterocycles. The van der Waals surface area contributed by atoms with Crippen molar-refractivity contribution in [2.45, 2.75) is 32.9 Å². The molecule has 0 N–H and O–H groups in total. The third-order valence-corrected chi connectivity index (χ3v) is 2.74. The molecule has 116 valence electrons. The maximum atomic E-state index is 12.9. The van der Waals surface area contributed by atoms with Crippen molar-refractivity contribution in [1.82, 2.24) is 4.98 Å². The lowest BCUT2D eigenvalue weighted by atomic mass is 9.92. The van der Waals surface area contributed by atoms with Crippen LogP contribution in [-0.4, -0.2) is 17.6 Å². The van der Waals surface area contributed by atoms with Gasteiger partial charge in [0, 0.05) is 11.1 Å². The molecule has 0 spiro atoms. The maximum Gasteiger partial charge on any atom is 0.434 e. The molecule has 0 amide bonds. The van der Waals surface area contributed by atoms with Crippen molar-refractivity contribution in [2.24, 2.45) is 5.92 Å². The zero-order valence-corrected chi connectivity index (χ0v) is 11.2. The van der Waals surface area contributed by atoms with Gasteiger partial charge in [-0.2, -0.15) is 13.2 Å². The number of alkyl halides is 5. The first-order valence-corrected chi connectivity index (χ1v) is 5.95. The van der Waals surface area contributed by atoms with E-state index in [2.05, 4.69) is 4.98 Å². The van der Waals surface area contributed by atoms with Crippen LogP contribution in [0.15, 0.2) is 0 Å². The molecule has 0 aliphatic carbocycles. The second kappa shape index (κ2) is 6.28. The van der Waals surface area contributed by atoms with E-state index in [1.165, 1.54) is 0 Å². The molecule has 0 saturated carbocycles. The Morgan fingerprint density at radius 2 is 1.62 bits per heavy atom. The van der Waals surface area contributed by atoms with E-state index in [9.17, 15) is 31.5 Å². The zero-order chi connectivity index (χ0) is 16.4. The van der Waals surface area contributed by atoms with Crippen LogP contribution in [0.3, 0.4) is 0 Å². The van der Waals surface area contributed by atoms with Gasteiger partial charge in [0.25, 0.3) is 6.43 Å². The van der Waals surface area contributed by atoms with E-state index in [0.717, 1.165) is 0 Å². The van der Waals surface area contributed by atoms with Crippen molar-refractivity contribution in [3.05, 3.63) is 28.1 Å². The highest BCUT2D eigenvalue weighted by Crippen LogP contribution is 2.36. The molecule has 1 aromatic rings. The first-order valence-electron chi connectivity index (χ1n) is 5.95. The zero-order valence-electron chi connectivity index (χ0n) is 11.2. The summed E-state index contributed by atoms with van der Waals surface area (Å²) in [5.74, 6) is -0.239. The molecule has 0 aromatic carbocycles. The number of carbonyl (C=O) groups excluding carboxylic acids is 2. The predicted octanol–water partition coefficient (Wildman–Crippen LogP) is 3.86. The van der Waals surface area contributed by atoms with Crippen molar-refractivity contribution in [2.75, 3.05) is 0 Å². The Balaban J connectivity index is 3.81. The molecule has 1 rings (SSSR count). The molecule has 0 unspecified atom stereocenters. The number of hydrogen-bond donors (Lipinski definition) is 0. The first kappa shape index (κ1) is 17.2. The summed E-state index contributed by atoms with van der Waals surface area (Å²) >= 11 is 0. The minimum Gasteiger partial charge on any atom is -0.298 e. The molecular weight excluding hydrogens is 297 g/mol. The number of pyridine rings is 1. The van der Waals surface area contributed by atoms with Crippen LogP contribution in [0.2, 0.25) is 0 Å². The van der Waals surface area contributed by atoms with Gasteiger partial charge in [0.2, 0.25) is 0 Å². The number of rotatable bonds is 5. The minimum atomic E-state index is -5.06. The molecule has 8 heteroatoms. The summed E-state index contributed by atoms with van der Waals surface area (Å²) in [4.78, 5) is 24.8. The average Bonchev–Trinajstić information content (AvgIpc) is 2.35. The lowest BCUT2D eigenvalue weighted by molar-refractivity contribution is -0.141. The van der Waals surface area contributed by atoms with Gasteiger partial charge in [0.05, 0.1) is 0 Å². The van der Waals surface area contributed by atoms with Crippen LogP contribution < -0.4 is 0 Å². The van der Waals surface area contributed by atoms with Crippen LogP contribution in [0.25, 0.3) is 0 Å². The Bertz CT molecular complexity index is 552. The van der Waals surface area contributed by atoms with Crippen molar-refractivity contribution in [3.63, 3.8) is 0 Å². The quantitative estimate of drug-likeness (QED) is 0.613. The van der Waals surface area contributed by atoms with Crippen LogP contribution in [0.4, 0.5) is 22.0 Å². The molecule has 0 radical (unpaired) electrons. The van der Waals surface area contributed by atoms with Gasteiger partial charge in [-0.25, -0.2) is 13.8 Å². The Labute approximate surface area is 117 Å². The molecule has 0 saturated heterocycles. The van der Waals surface area contributed by atoms with Gasteiger partial charge in [-0.15, -0.1) is 0 Å². The lowest BCUT2D eigenvalue weighted by Crippen LogP contribution is -2.19. The number of hydrogen-bond acceptors (Lipinski definition) is 3. The van der Waals surface area contributed by atoms with E-state index in [0.29, 0.717) is 0 Å². The fourth-order valence-electron chi connectivity index (χ4n) is 1.95. The topological polar surface area (TPSA) is 47.0 Å². The van der Waals surface area contributed by atoms with E-state index in [-0.39, 0.29) is 30.5 Å². The van der Waals surface area contributed by atoms with Crippen LogP contribution >= 0.6 is 0 Å². The summed E-state index contributed by atoms with van der Waals surface area (Å²) in [6.07, 6.45) is -8.62. The second-order valence-corrected chi connectivity index (χ2v) is 4.78. The van der Waals surface area contributed by atoms with Gasteiger partial charge < -0.3 is 0 Å².